The Hall–Kier alpha value is -2.33. The van der Waals surface area contributed by atoms with Crippen molar-refractivity contribution in [2.45, 2.75) is 26.3 Å². The fourth-order valence-electron chi connectivity index (χ4n) is 3.15. The lowest BCUT2D eigenvalue weighted by Gasteiger charge is -2.39. The highest BCUT2D eigenvalue weighted by molar-refractivity contribution is 6.30. The lowest BCUT2D eigenvalue weighted by Crippen LogP contribution is -2.57. The smallest absolute Gasteiger partial charge is 0.246 e. The van der Waals surface area contributed by atoms with Crippen LogP contribution in [0.2, 0.25) is 5.02 Å². The van der Waals surface area contributed by atoms with Crippen LogP contribution in [-0.4, -0.2) is 35.8 Å². The average Bonchev–Trinajstić information content (AvgIpc) is 2.57. The number of piperazine rings is 1. The van der Waals surface area contributed by atoms with E-state index >= 15 is 0 Å². The second-order valence-electron chi connectivity index (χ2n) is 6.52. The van der Waals surface area contributed by atoms with E-state index in [9.17, 15) is 9.59 Å². The molecule has 1 atom stereocenters. The van der Waals surface area contributed by atoms with E-state index in [-0.39, 0.29) is 24.4 Å². The summed E-state index contributed by atoms with van der Waals surface area (Å²) in [6.07, 6.45) is 0.320. The number of rotatable bonds is 3. The third-order valence-electron chi connectivity index (χ3n) is 4.48. The molecule has 0 spiro atoms. The SMILES string of the molecule is Cc1cccc(CC(=O)N2CC(=O)N(c3ccc(Cl)cc3)C[C@@H]2C)c1. The van der Waals surface area contributed by atoms with Crippen LogP contribution in [0.1, 0.15) is 18.1 Å². The van der Waals surface area contributed by atoms with Crippen molar-refractivity contribution in [2.24, 2.45) is 0 Å². The van der Waals surface area contributed by atoms with Gasteiger partial charge in [-0.1, -0.05) is 41.4 Å². The molecule has 0 aromatic heterocycles. The highest BCUT2D eigenvalue weighted by atomic mass is 35.5. The first-order valence-electron chi connectivity index (χ1n) is 8.35. The molecule has 0 aliphatic carbocycles. The summed E-state index contributed by atoms with van der Waals surface area (Å²) in [5.74, 6) is -0.0831. The van der Waals surface area contributed by atoms with Gasteiger partial charge in [-0.3, -0.25) is 9.59 Å². The van der Waals surface area contributed by atoms with Crippen molar-refractivity contribution >= 4 is 29.1 Å². The number of nitrogens with zero attached hydrogens (tertiary/aromatic N) is 2. The number of benzene rings is 2. The van der Waals surface area contributed by atoms with Crippen LogP contribution in [0.4, 0.5) is 5.69 Å². The van der Waals surface area contributed by atoms with Crippen LogP contribution in [0.15, 0.2) is 48.5 Å². The number of carbonyl (C=O) groups excluding carboxylic acids is 2. The zero-order valence-electron chi connectivity index (χ0n) is 14.4. The van der Waals surface area contributed by atoms with Gasteiger partial charge in [0.05, 0.1) is 6.42 Å². The quantitative estimate of drug-likeness (QED) is 0.845. The first kappa shape index (κ1) is 17.5. The number of hydrogen-bond donors (Lipinski definition) is 0. The molecule has 2 aromatic carbocycles. The van der Waals surface area contributed by atoms with Crippen LogP contribution in [0, 0.1) is 6.92 Å². The zero-order valence-corrected chi connectivity index (χ0v) is 15.2. The van der Waals surface area contributed by atoms with Crippen molar-refractivity contribution in [3.05, 3.63) is 64.7 Å². The topological polar surface area (TPSA) is 40.6 Å². The zero-order chi connectivity index (χ0) is 18.0. The van der Waals surface area contributed by atoms with Gasteiger partial charge in [0.1, 0.15) is 6.54 Å². The number of halogens is 1. The van der Waals surface area contributed by atoms with Gasteiger partial charge in [-0.05, 0) is 43.7 Å². The summed E-state index contributed by atoms with van der Waals surface area (Å²) in [6.45, 7) is 4.57. The van der Waals surface area contributed by atoms with Gasteiger partial charge in [0.15, 0.2) is 0 Å². The third-order valence-corrected chi connectivity index (χ3v) is 4.73. The van der Waals surface area contributed by atoms with Gasteiger partial charge in [0.25, 0.3) is 0 Å². The molecule has 0 bridgehead atoms. The minimum Gasteiger partial charge on any atom is -0.329 e. The van der Waals surface area contributed by atoms with Gasteiger partial charge in [0, 0.05) is 23.3 Å². The Morgan fingerprint density at radius 2 is 1.92 bits per heavy atom. The van der Waals surface area contributed by atoms with E-state index in [1.54, 1.807) is 21.9 Å². The van der Waals surface area contributed by atoms with E-state index in [1.807, 2.05) is 50.2 Å². The van der Waals surface area contributed by atoms with Gasteiger partial charge in [-0.25, -0.2) is 0 Å². The molecule has 1 saturated heterocycles. The summed E-state index contributed by atoms with van der Waals surface area (Å²) in [5.41, 5.74) is 2.92. The Kier molecular flexibility index (Phi) is 5.09. The van der Waals surface area contributed by atoms with Crippen molar-refractivity contribution in [3.8, 4) is 0 Å². The highest BCUT2D eigenvalue weighted by Crippen LogP contribution is 2.22. The molecule has 0 N–H and O–H groups in total. The predicted octanol–water partition coefficient (Wildman–Crippen LogP) is 3.45. The maximum absolute atomic E-state index is 12.7. The molecule has 1 heterocycles. The van der Waals surface area contributed by atoms with Crippen molar-refractivity contribution in [3.63, 3.8) is 0 Å². The molecule has 1 aliphatic rings. The standard InChI is InChI=1S/C20H21ClN2O2/c1-14-4-3-5-16(10-14)11-19(24)22-13-20(25)23(12-15(22)2)18-8-6-17(21)7-9-18/h3-10,15H,11-13H2,1-2H3/t15-/m0/s1. The molecule has 0 saturated carbocycles. The van der Waals surface area contributed by atoms with E-state index in [1.165, 1.54) is 0 Å². The molecular formula is C20H21ClN2O2. The molecule has 130 valence electrons. The maximum Gasteiger partial charge on any atom is 0.246 e. The van der Waals surface area contributed by atoms with E-state index in [2.05, 4.69) is 0 Å². The minimum absolute atomic E-state index is 0.0118. The average molecular weight is 357 g/mol. The molecule has 1 fully saturated rings. The van der Waals surface area contributed by atoms with Crippen LogP contribution in [0.25, 0.3) is 0 Å². The second kappa shape index (κ2) is 7.28. The third kappa shape index (κ3) is 4.02. The molecule has 0 radical (unpaired) electrons. The lowest BCUT2D eigenvalue weighted by molar-refractivity contribution is -0.138. The van der Waals surface area contributed by atoms with Crippen molar-refractivity contribution in [2.75, 3.05) is 18.0 Å². The monoisotopic (exact) mass is 356 g/mol. The van der Waals surface area contributed by atoms with Crippen molar-refractivity contribution in [1.29, 1.82) is 0 Å². The Morgan fingerprint density at radius 3 is 2.60 bits per heavy atom. The van der Waals surface area contributed by atoms with E-state index in [4.69, 9.17) is 11.6 Å². The van der Waals surface area contributed by atoms with Gasteiger partial charge in [0.2, 0.25) is 11.8 Å². The summed E-state index contributed by atoms with van der Waals surface area (Å²) in [6, 6.07) is 15.1. The lowest BCUT2D eigenvalue weighted by atomic mass is 10.1. The molecule has 2 amide bonds. The summed E-state index contributed by atoms with van der Waals surface area (Å²) in [7, 11) is 0. The molecule has 2 aromatic rings. The fraction of sp³-hybridized carbons (Fsp3) is 0.300. The molecule has 3 rings (SSSR count). The Balaban J connectivity index is 1.70. The molecular weight excluding hydrogens is 336 g/mol. The second-order valence-corrected chi connectivity index (χ2v) is 6.95. The van der Waals surface area contributed by atoms with Crippen LogP contribution in [0.3, 0.4) is 0 Å². The Labute approximate surface area is 153 Å². The summed E-state index contributed by atoms with van der Waals surface area (Å²) < 4.78 is 0. The van der Waals surface area contributed by atoms with Gasteiger partial charge < -0.3 is 9.80 Å². The number of aryl methyl sites for hydroxylation is 1. The molecule has 25 heavy (non-hydrogen) atoms. The first-order chi connectivity index (χ1) is 11.9. The van der Waals surface area contributed by atoms with E-state index in [0.29, 0.717) is 18.0 Å². The van der Waals surface area contributed by atoms with Gasteiger partial charge in [-0.2, -0.15) is 0 Å². The summed E-state index contributed by atoms with van der Waals surface area (Å²) >= 11 is 5.91. The maximum atomic E-state index is 12.7. The fourth-order valence-corrected chi connectivity index (χ4v) is 3.28. The Bertz CT molecular complexity index is 789. The van der Waals surface area contributed by atoms with Crippen molar-refractivity contribution in [1.82, 2.24) is 4.90 Å². The molecule has 0 unspecified atom stereocenters. The molecule has 5 heteroatoms. The van der Waals surface area contributed by atoms with E-state index < -0.39 is 0 Å². The highest BCUT2D eigenvalue weighted by Gasteiger charge is 2.33. The van der Waals surface area contributed by atoms with E-state index in [0.717, 1.165) is 16.8 Å². The normalized spacial score (nSPS) is 17.7. The first-order valence-corrected chi connectivity index (χ1v) is 8.73. The van der Waals surface area contributed by atoms with Gasteiger partial charge in [-0.15, -0.1) is 0 Å². The summed E-state index contributed by atoms with van der Waals surface area (Å²) in [5, 5.41) is 0.635. The van der Waals surface area contributed by atoms with Crippen molar-refractivity contribution < 1.29 is 9.59 Å². The largest absolute Gasteiger partial charge is 0.329 e. The Morgan fingerprint density at radius 1 is 1.20 bits per heavy atom. The predicted molar refractivity (Wildman–Crippen MR) is 99.9 cm³/mol. The van der Waals surface area contributed by atoms with Crippen LogP contribution in [-0.2, 0) is 16.0 Å². The van der Waals surface area contributed by atoms with Crippen LogP contribution in [0.5, 0.6) is 0 Å². The number of carbonyl (C=O) groups is 2. The number of anilines is 1. The van der Waals surface area contributed by atoms with Gasteiger partial charge >= 0.3 is 0 Å². The molecule has 4 nitrogen and oxygen atoms in total. The summed E-state index contributed by atoms with van der Waals surface area (Å²) in [4.78, 5) is 28.6. The van der Waals surface area contributed by atoms with Crippen LogP contribution >= 0.6 is 11.6 Å². The van der Waals surface area contributed by atoms with Crippen LogP contribution < -0.4 is 4.90 Å². The number of amides is 2. The molecule has 1 aliphatic heterocycles. The number of hydrogen-bond acceptors (Lipinski definition) is 2. The minimum atomic E-state index is -0.0713.